The Kier molecular flexibility index (Phi) is 4.03. The quantitative estimate of drug-likeness (QED) is 0.629. The van der Waals surface area contributed by atoms with Crippen molar-refractivity contribution in [2.75, 3.05) is 23.2 Å². The first kappa shape index (κ1) is 12.1. The number of aryl methyl sites for hydroxylation is 1. The van der Waals surface area contributed by atoms with E-state index in [-0.39, 0.29) is 0 Å². The van der Waals surface area contributed by atoms with E-state index in [2.05, 4.69) is 39.0 Å². The molecule has 0 N–H and O–H groups in total. The van der Waals surface area contributed by atoms with Gasteiger partial charge in [0.2, 0.25) is 0 Å². The van der Waals surface area contributed by atoms with Crippen molar-refractivity contribution in [3.8, 4) is 0 Å². The van der Waals surface area contributed by atoms with Crippen molar-refractivity contribution in [1.82, 2.24) is 0 Å². The fourth-order valence-electron chi connectivity index (χ4n) is 1.95. The molecule has 1 aromatic carbocycles. The predicted octanol–water partition coefficient (Wildman–Crippen LogP) is 2.92. The number of alkyl halides is 1. The molecule has 1 heterocycles. The molecule has 0 aliphatic carbocycles. The molecule has 0 aromatic heterocycles. The van der Waals surface area contributed by atoms with E-state index in [0.717, 1.165) is 22.3 Å². The minimum absolute atomic E-state index is 0.639. The number of unbranched alkanes of at least 4 members (excludes halogenated alkanes) is 1. The third kappa shape index (κ3) is 2.48. The molecule has 0 spiro atoms. The van der Waals surface area contributed by atoms with Crippen LogP contribution in [-0.4, -0.2) is 22.5 Å². The Hall–Kier alpha value is -0.350. The molecule has 0 fully saturated rings. The Balaban J connectivity index is 2.13. The monoisotopic (exact) mass is 301 g/mol. The average Bonchev–Trinajstić information content (AvgIpc) is 2.55. The normalized spacial score (nSPS) is 18.9. The zero-order valence-corrected chi connectivity index (χ0v) is 11.8. The van der Waals surface area contributed by atoms with Crippen molar-refractivity contribution in [2.45, 2.75) is 24.2 Å². The molecule has 1 unspecified atom stereocenters. The fraction of sp³-hybridized carbons (Fsp3) is 0.500. The second-order valence-electron chi connectivity index (χ2n) is 4.12. The van der Waals surface area contributed by atoms with Gasteiger partial charge in [-0.15, -0.1) is 0 Å². The van der Waals surface area contributed by atoms with Gasteiger partial charge in [-0.2, -0.15) is 0 Å². The van der Waals surface area contributed by atoms with Crippen LogP contribution >= 0.6 is 15.9 Å². The predicted molar refractivity (Wildman–Crippen MR) is 72.9 cm³/mol. The fourth-order valence-corrected chi connectivity index (χ4v) is 3.72. The van der Waals surface area contributed by atoms with Gasteiger partial charge >= 0.3 is 0 Å². The molecule has 0 amide bonds. The zero-order valence-electron chi connectivity index (χ0n) is 9.41. The standard InChI is InChI=1S/C12H16BrNOS/c1-14-9-16(15)12-8-10(4-2-3-7-13)5-6-11(12)14/h5-6,8H,2-4,7,9H2,1H3. The molecule has 1 aromatic rings. The Bertz CT molecular complexity index is 408. The van der Waals surface area contributed by atoms with Gasteiger partial charge in [0.05, 0.1) is 27.3 Å². The average molecular weight is 302 g/mol. The summed E-state index contributed by atoms with van der Waals surface area (Å²) in [4.78, 5) is 3.08. The van der Waals surface area contributed by atoms with E-state index in [1.807, 2.05) is 7.05 Å². The van der Waals surface area contributed by atoms with Crippen LogP contribution in [0.4, 0.5) is 5.69 Å². The van der Waals surface area contributed by atoms with Crippen LogP contribution in [0.5, 0.6) is 0 Å². The van der Waals surface area contributed by atoms with Gasteiger partial charge in [-0.25, -0.2) is 0 Å². The number of benzene rings is 1. The van der Waals surface area contributed by atoms with Crippen molar-refractivity contribution < 1.29 is 4.21 Å². The molecule has 2 nitrogen and oxygen atoms in total. The van der Waals surface area contributed by atoms with Gasteiger partial charge < -0.3 is 4.90 Å². The summed E-state index contributed by atoms with van der Waals surface area (Å²) >= 11 is 3.43. The lowest BCUT2D eigenvalue weighted by molar-refractivity contribution is 0.685. The van der Waals surface area contributed by atoms with Crippen LogP contribution in [0.1, 0.15) is 18.4 Å². The first-order chi connectivity index (χ1) is 7.72. The van der Waals surface area contributed by atoms with Gasteiger partial charge in [-0.05, 0) is 37.0 Å². The third-order valence-electron chi connectivity index (χ3n) is 2.84. The van der Waals surface area contributed by atoms with Crippen LogP contribution in [0.2, 0.25) is 0 Å². The van der Waals surface area contributed by atoms with Crippen molar-refractivity contribution in [1.29, 1.82) is 0 Å². The van der Waals surface area contributed by atoms with Gasteiger partial charge in [-0.1, -0.05) is 22.0 Å². The largest absolute Gasteiger partial charge is 0.361 e. The minimum atomic E-state index is -0.829. The van der Waals surface area contributed by atoms with Crippen LogP contribution in [0, 0.1) is 0 Å². The van der Waals surface area contributed by atoms with E-state index in [1.54, 1.807) is 0 Å². The van der Waals surface area contributed by atoms with Gasteiger partial charge in [0, 0.05) is 12.4 Å². The lowest BCUT2D eigenvalue weighted by Gasteiger charge is -2.10. The first-order valence-electron chi connectivity index (χ1n) is 5.51. The van der Waals surface area contributed by atoms with Gasteiger partial charge in [-0.3, -0.25) is 4.21 Å². The highest BCUT2D eigenvalue weighted by Crippen LogP contribution is 2.31. The summed E-state index contributed by atoms with van der Waals surface area (Å²) in [6.07, 6.45) is 3.46. The molecule has 88 valence electrons. The molecule has 0 bridgehead atoms. The molecule has 4 heteroatoms. The maximum absolute atomic E-state index is 11.8. The molecule has 1 aliphatic heterocycles. The topological polar surface area (TPSA) is 20.3 Å². The molecule has 16 heavy (non-hydrogen) atoms. The first-order valence-corrected chi connectivity index (χ1v) is 7.95. The second kappa shape index (κ2) is 5.32. The van der Waals surface area contributed by atoms with Crippen LogP contribution < -0.4 is 4.90 Å². The maximum atomic E-state index is 11.8. The summed E-state index contributed by atoms with van der Waals surface area (Å²) in [6.45, 7) is 0. The number of rotatable bonds is 4. The SMILES string of the molecule is CN1CS(=O)c2cc(CCCCBr)ccc21. The van der Waals surface area contributed by atoms with Crippen molar-refractivity contribution in [2.24, 2.45) is 0 Å². The second-order valence-corrected chi connectivity index (χ2v) is 6.30. The van der Waals surface area contributed by atoms with E-state index in [0.29, 0.717) is 5.88 Å². The van der Waals surface area contributed by atoms with E-state index in [4.69, 9.17) is 0 Å². The maximum Gasteiger partial charge on any atom is 0.0982 e. The van der Waals surface area contributed by atoms with Gasteiger partial charge in [0.1, 0.15) is 0 Å². The Morgan fingerprint density at radius 3 is 3.00 bits per heavy atom. The highest BCUT2D eigenvalue weighted by Gasteiger charge is 2.22. The summed E-state index contributed by atoms with van der Waals surface area (Å²) in [5, 5.41) is 1.06. The Morgan fingerprint density at radius 2 is 2.25 bits per heavy atom. The number of anilines is 1. The van der Waals surface area contributed by atoms with Crippen LogP contribution in [-0.2, 0) is 17.2 Å². The number of hydrogen-bond donors (Lipinski definition) is 0. The third-order valence-corrected chi connectivity index (χ3v) is 4.84. The number of halogens is 1. The molecule has 1 aliphatic rings. The van der Waals surface area contributed by atoms with E-state index in [9.17, 15) is 4.21 Å². The molecular formula is C12H16BrNOS. The van der Waals surface area contributed by atoms with Gasteiger partial charge in [0.15, 0.2) is 0 Å². The summed E-state index contributed by atoms with van der Waals surface area (Å²) in [7, 11) is 1.17. The highest BCUT2D eigenvalue weighted by atomic mass is 79.9. The van der Waals surface area contributed by atoms with Crippen molar-refractivity contribution in [3.63, 3.8) is 0 Å². The summed E-state index contributed by atoms with van der Waals surface area (Å²) in [5.74, 6) is 0.639. The Morgan fingerprint density at radius 1 is 1.44 bits per heavy atom. The summed E-state index contributed by atoms with van der Waals surface area (Å²) < 4.78 is 11.8. The zero-order chi connectivity index (χ0) is 11.5. The van der Waals surface area contributed by atoms with Crippen LogP contribution in [0.25, 0.3) is 0 Å². The Labute approximate surface area is 108 Å². The summed E-state index contributed by atoms with van der Waals surface area (Å²) in [5.41, 5.74) is 2.44. The molecule has 0 saturated heterocycles. The summed E-state index contributed by atoms with van der Waals surface area (Å²) in [6, 6.07) is 6.37. The van der Waals surface area contributed by atoms with Crippen LogP contribution in [0.15, 0.2) is 23.1 Å². The molecule has 0 saturated carbocycles. The van der Waals surface area contributed by atoms with Crippen molar-refractivity contribution >= 4 is 32.4 Å². The van der Waals surface area contributed by atoms with E-state index >= 15 is 0 Å². The van der Waals surface area contributed by atoms with Gasteiger partial charge in [0.25, 0.3) is 0 Å². The molecule has 1 atom stereocenters. The number of hydrogen-bond acceptors (Lipinski definition) is 2. The van der Waals surface area contributed by atoms with E-state index < -0.39 is 10.8 Å². The molecular weight excluding hydrogens is 286 g/mol. The number of fused-ring (bicyclic) bond motifs is 1. The molecule has 2 rings (SSSR count). The van der Waals surface area contributed by atoms with Crippen LogP contribution in [0.3, 0.4) is 0 Å². The lowest BCUT2D eigenvalue weighted by atomic mass is 10.1. The van der Waals surface area contributed by atoms with Crippen molar-refractivity contribution in [3.05, 3.63) is 23.8 Å². The minimum Gasteiger partial charge on any atom is -0.361 e. The highest BCUT2D eigenvalue weighted by molar-refractivity contribution is 9.09. The smallest absolute Gasteiger partial charge is 0.0982 e. The molecule has 0 radical (unpaired) electrons. The number of nitrogens with zero attached hydrogens (tertiary/aromatic N) is 1. The van der Waals surface area contributed by atoms with E-state index in [1.165, 1.54) is 18.4 Å². The lowest BCUT2D eigenvalue weighted by Crippen LogP contribution is -2.13.